The predicted molar refractivity (Wildman–Crippen MR) is 82.0 cm³/mol. The number of ketones is 1. The molecule has 0 aromatic carbocycles. The Balaban J connectivity index is 3.04. The van der Waals surface area contributed by atoms with Gasteiger partial charge in [0, 0.05) is 18.4 Å². The lowest BCUT2D eigenvalue weighted by atomic mass is 9.98. The molecule has 1 aliphatic rings. The van der Waals surface area contributed by atoms with Crippen molar-refractivity contribution < 1.29 is 19.1 Å². The highest BCUT2D eigenvalue weighted by Gasteiger charge is 2.88. The Morgan fingerprint density at radius 1 is 1.00 bits per heavy atom. The maximum Gasteiger partial charge on any atom is 0.315 e. The van der Waals surface area contributed by atoms with Gasteiger partial charge in [0.05, 0.1) is 7.11 Å². The normalized spacial score (nSPS) is 30.0. The zero-order valence-corrected chi connectivity index (χ0v) is 14.4. The Bertz CT molecular complexity index is 402. The third-order valence-corrected chi connectivity index (χ3v) is 5.30. The van der Waals surface area contributed by atoms with E-state index in [9.17, 15) is 9.59 Å². The molecule has 122 valence electrons. The van der Waals surface area contributed by atoms with Crippen molar-refractivity contribution in [2.75, 3.05) is 13.7 Å². The fourth-order valence-corrected chi connectivity index (χ4v) is 3.66. The number of hydrogen-bond acceptors (Lipinski definition) is 4. The van der Waals surface area contributed by atoms with E-state index in [4.69, 9.17) is 9.47 Å². The first kappa shape index (κ1) is 18.1. The number of ether oxygens (including phenoxy) is 2. The molecule has 0 aromatic rings. The van der Waals surface area contributed by atoms with Crippen molar-refractivity contribution in [1.82, 2.24) is 0 Å². The molecule has 4 heteroatoms. The van der Waals surface area contributed by atoms with Crippen LogP contribution in [-0.4, -0.2) is 31.1 Å². The summed E-state index contributed by atoms with van der Waals surface area (Å²) in [6.45, 7) is 10.3. The largest absolute Gasteiger partial charge is 0.468 e. The van der Waals surface area contributed by atoms with Gasteiger partial charge in [-0.1, -0.05) is 40.5 Å². The van der Waals surface area contributed by atoms with Crippen LogP contribution in [0.5, 0.6) is 0 Å². The van der Waals surface area contributed by atoms with E-state index in [1.54, 1.807) is 6.92 Å². The van der Waals surface area contributed by atoms with Crippen molar-refractivity contribution in [3.8, 4) is 0 Å². The van der Waals surface area contributed by atoms with Crippen molar-refractivity contribution in [2.24, 2.45) is 10.8 Å². The summed E-state index contributed by atoms with van der Waals surface area (Å²) in [5.41, 5.74) is -2.46. The van der Waals surface area contributed by atoms with Gasteiger partial charge in [-0.25, -0.2) is 0 Å². The van der Waals surface area contributed by atoms with E-state index < -0.39 is 16.4 Å². The van der Waals surface area contributed by atoms with Crippen LogP contribution in [0.15, 0.2) is 0 Å². The molecule has 4 nitrogen and oxygen atoms in total. The standard InChI is InChI=1S/C17H30O4/c1-7-9-10-12-21-17(13(18)11-8-2)15(3,4)16(17,5)14(19)20-6/h7-12H2,1-6H3. The predicted octanol–water partition coefficient (Wildman–Crippen LogP) is 3.52. The van der Waals surface area contributed by atoms with E-state index in [0.29, 0.717) is 13.0 Å². The van der Waals surface area contributed by atoms with Crippen molar-refractivity contribution in [2.45, 2.75) is 72.3 Å². The molecule has 0 aromatic heterocycles. The lowest BCUT2D eigenvalue weighted by Crippen LogP contribution is -2.37. The molecule has 1 saturated carbocycles. The number of Topliss-reactive ketones (excluding diaryl/α,β-unsaturated/α-hetero) is 1. The third kappa shape index (κ3) is 2.41. The van der Waals surface area contributed by atoms with E-state index in [0.717, 1.165) is 25.7 Å². The zero-order valence-electron chi connectivity index (χ0n) is 14.4. The molecule has 0 aliphatic heterocycles. The second kappa shape index (κ2) is 6.47. The molecule has 1 rings (SSSR count). The summed E-state index contributed by atoms with van der Waals surface area (Å²) in [4.78, 5) is 25.0. The second-order valence-electron chi connectivity index (χ2n) is 6.65. The molecule has 1 aliphatic carbocycles. The maximum absolute atomic E-state index is 12.7. The molecular weight excluding hydrogens is 268 g/mol. The van der Waals surface area contributed by atoms with E-state index in [1.807, 2.05) is 20.8 Å². The number of carbonyl (C=O) groups excluding carboxylic acids is 2. The van der Waals surface area contributed by atoms with Crippen molar-refractivity contribution >= 4 is 11.8 Å². The smallest absolute Gasteiger partial charge is 0.315 e. The van der Waals surface area contributed by atoms with Crippen molar-refractivity contribution in [3.05, 3.63) is 0 Å². The summed E-state index contributed by atoms with van der Waals surface area (Å²) in [5, 5.41) is 0. The summed E-state index contributed by atoms with van der Waals surface area (Å²) in [7, 11) is 1.37. The van der Waals surface area contributed by atoms with Gasteiger partial charge >= 0.3 is 5.97 Å². The molecule has 0 saturated heterocycles. The molecular formula is C17H30O4. The summed E-state index contributed by atoms with van der Waals surface area (Å²) < 4.78 is 11.0. The number of hydrogen-bond donors (Lipinski definition) is 0. The second-order valence-corrected chi connectivity index (χ2v) is 6.65. The summed E-state index contributed by atoms with van der Waals surface area (Å²) in [6.07, 6.45) is 4.26. The molecule has 1 fully saturated rings. The maximum atomic E-state index is 12.7. The Kier molecular flexibility index (Phi) is 5.59. The highest BCUT2D eigenvalue weighted by atomic mass is 16.5. The first-order chi connectivity index (χ1) is 9.77. The summed E-state index contributed by atoms with van der Waals surface area (Å²) in [6, 6.07) is 0. The minimum Gasteiger partial charge on any atom is -0.468 e. The minimum absolute atomic E-state index is 0.0272. The van der Waals surface area contributed by atoms with Crippen LogP contribution in [0.3, 0.4) is 0 Å². The van der Waals surface area contributed by atoms with E-state index in [1.165, 1.54) is 7.11 Å². The third-order valence-electron chi connectivity index (χ3n) is 5.30. The van der Waals surface area contributed by atoms with Crippen LogP contribution in [-0.2, 0) is 19.1 Å². The van der Waals surface area contributed by atoms with Crippen LogP contribution < -0.4 is 0 Å². The number of esters is 1. The van der Waals surface area contributed by atoms with Gasteiger partial charge in [0.25, 0.3) is 0 Å². The molecule has 0 heterocycles. The van der Waals surface area contributed by atoms with Gasteiger partial charge < -0.3 is 9.47 Å². The van der Waals surface area contributed by atoms with Crippen molar-refractivity contribution in [3.63, 3.8) is 0 Å². The monoisotopic (exact) mass is 298 g/mol. The fraction of sp³-hybridized carbons (Fsp3) is 0.882. The van der Waals surface area contributed by atoms with E-state index >= 15 is 0 Å². The van der Waals surface area contributed by atoms with Gasteiger partial charge in [-0.2, -0.15) is 0 Å². The SMILES string of the molecule is CCCCCOC1(C(=O)CCC)C(C)(C)C1(C)C(=O)OC. The first-order valence-electron chi connectivity index (χ1n) is 8.03. The summed E-state index contributed by atoms with van der Waals surface area (Å²) in [5.74, 6) is -0.327. The number of unbranched alkanes of at least 4 members (excludes halogenated alkanes) is 2. The topological polar surface area (TPSA) is 52.6 Å². The molecule has 0 N–H and O–H groups in total. The minimum atomic E-state index is -1.03. The molecule has 0 amide bonds. The number of methoxy groups -OCH3 is 1. The van der Waals surface area contributed by atoms with Crippen LogP contribution >= 0.6 is 0 Å². The lowest BCUT2D eigenvalue weighted by Gasteiger charge is -2.21. The Morgan fingerprint density at radius 3 is 2.10 bits per heavy atom. The molecule has 0 radical (unpaired) electrons. The van der Waals surface area contributed by atoms with Gasteiger partial charge in [-0.15, -0.1) is 0 Å². The quantitative estimate of drug-likeness (QED) is 0.483. The van der Waals surface area contributed by atoms with E-state index in [-0.39, 0.29) is 11.8 Å². The number of rotatable bonds is 9. The van der Waals surface area contributed by atoms with Gasteiger partial charge in [-0.3, -0.25) is 9.59 Å². The highest BCUT2D eigenvalue weighted by Crippen LogP contribution is 2.74. The van der Waals surface area contributed by atoms with Gasteiger partial charge in [0.15, 0.2) is 5.78 Å². The average molecular weight is 298 g/mol. The van der Waals surface area contributed by atoms with Gasteiger partial charge in [0.1, 0.15) is 11.0 Å². The molecule has 21 heavy (non-hydrogen) atoms. The first-order valence-corrected chi connectivity index (χ1v) is 8.03. The Hall–Kier alpha value is -0.900. The molecule has 2 unspecified atom stereocenters. The molecule has 0 spiro atoms. The average Bonchev–Trinajstić information content (AvgIpc) is 2.85. The van der Waals surface area contributed by atoms with Crippen LogP contribution in [0.2, 0.25) is 0 Å². The lowest BCUT2D eigenvalue weighted by molar-refractivity contribution is -0.155. The van der Waals surface area contributed by atoms with E-state index in [2.05, 4.69) is 6.92 Å². The van der Waals surface area contributed by atoms with Crippen LogP contribution in [0.1, 0.15) is 66.7 Å². The van der Waals surface area contributed by atoms with Gasteiger partial charge in [-0.05, 0) is 19.8 Å². The van der Waals surface area contributed by atoms with Crippen LogP contribution in [0.25, 0.3) is 0 Å². The molecule has 0 bridgehead atoms. The van der Waals surface area contributed by atoms with Crippen molar-refractivity contribution in [1.29, 1.82) is 0 Å². The molecule has 2 atom stereocenters. The van der Waals surface area contributed by atoms with Crippen LogP contribution in [0, 0.1) is 10.8 Å². The Labute approximate surface area is 128 Å². The summed E-state index contributed by atoms with van der Waals surface area (Å²) >= 11 is 0. The van der Waals surface area contributed by atoms with Crippen LogP contribution in [0.4, 0.5) is 0 Å². The highest BCUT2D eigenvalue weighted by molar-refractivity contribution is 6.03. The zero-order chi connectivity index (χ0) is 16.3. The van der Waals surface area contributed by atoms with Gasteiger partial charge in [0.2, 0.25) is 0 Å². The fourth-order valence-electron chi connectivity index (χ4n) is 3.66. The number of carbonyl (C=O) groups is 2. The Morgan fingerprint density at radius 2 is 1.62 bits per heavy atom.